The molecule has 1 aromatic heterocycles. The van der Waals surface area contributed by atoms with Crippen molar-refractivity contribution in [1.82, 2.24) is 14.7 Å². The highest BCUT2D eigenvalue weighted by molar-refractivity contribution is 5.81. The normalized spacial score (nSPS) is 10.9. The molecule has 0 saturated carbocycles. The molecule has 0 unspecified atom stereocenters. The van der Waals surface area contributed by atoms with Gasteiger partial charge in [0.05, 0.1) is 11.7 Å². The Morgan fingerprint density at radius 2 is 1.86 bits per heavy atom. The zero-order valence-electron chi connectivity index (χ0n) is 16.0. The van der Waals surface area contributed by atoms with Gasteiger partial charge in [0.25, 0.3) is 0 Å². The average Bonchev–Trinajstić information content (AvgIpc) is 2.71. The fraction of sp³-hybridized carbons (Fsp3) is 0.318. The van der Waals surface area contributed by atoms with E-state index in [4.69, 9.17) is 0 Å². The molecule has 2 aromatic carbocycles. The molecule has 1 heterocycles. The summed E-state index contributed by atoms with van der Waals surface area (Å²) in [5.74, 6) is -0.377. The van der Waals surface area contributed by atoms with E-state index in [1.165, 1.54) is 18.3 Å². The van der Waals surface area contributed by atoms with Crippen molar-refractivity contribution in [2.24, 2.45) is 0 Å². The largest absolute Gasteiger partial charge is 0.337 e. The number of amides is 1. The van der Waals surface area contributed by atoms with Gasteiger partial charge in [0.2, 0.25) is 11.3 Å². The van der Waals surface area contributed by atoms with Crippen LogP contribution < -0.4 is 5.43 Å². The van der Waals surface area contributed by atoms with Crippen LogP contribution in [-0.4, -0.2) is 27.1 Å². The number of fused-ring (bicyclic) bond motifs is 1. The van der Waals surface area contributed by atoms with Gasteiger partial charge in [0, 0.05) is 18.5 Å². The van der Waals surface area contributed by atoms with Crippen LogP contribution in [0.15, 0.2) is 59.5 Å². The molecule has 0 radical (unpaired) electrons. The molecule has 5 nitrogen and oxygen atoms in total. The van der Waals surface area contributed by atoms with Crippen molar-refractivity contribution in [2.45, 2.75) is 39.3 Å². The Balaban J connectivity index is 1.81. The average molecular weight is 381 g/mol. The molecular formula is C22H24FN3O2. The third kappa shape index (κ3) is 4.82. The number of hydrogen-bond acceptors (Lipinski definition) is 3. The number of benzene rings is 2. The van der Waals surface area contributed by atoms with Crippen LogP contribution in [0.1, 0.15) is 31.7 Å². The summed E-state index contributed by atoms with van der Waals surface area (Å²) in [6.45, 7) is 3.21. The zero-order chi connectivity index (χ0) is 19.9. The van der Waals surface area contributed by atoms with Gasteiger partial charge >= 0.3 is 0 Å². The lowest BCUT2D eigenvalue weighted by Gasteiger charge is -2.23. The van der Waals surface area contributed by atoms with E-state index >= 15 is 0 Å². The quantitative estimate of drug-likeness (QED) is 0.559. The minimum Gasteiger partial charge on any atom is -0.337 e. The molecule has 0 bridgehead atoms. The maximum absolute atomic E-state index is 13.2. The van der Waals surface area contributed by atoms with Gasteiger partial charge in [-0.05, 0) is 36.2 Å². The summed E-state index contributed by atoms with van der Waals surface area (Å²) in [6.07, 6.45) is 4.25. The Bertz CT molecular complexity index is 999. The van der Waals surface area contributed by atoms with Crippen LogP contribution in [0, 0.1) is 5.82 Å². The number of para-hydroxylation sites is 1. The number of halogens is 1. The van der Waals surface area contributed by atoms with Crippen molar-refractivity contribution in [3.63, 3.8) is 0 Å². The van der Waals surface area contributed by atoms with Gasteiger partial charge in [-0.25, -0.2) is 4.39 Å². The maximum atomic E-state index is 13.2. The smallest absolute Gasteiger partial charge is 0.244 e. The summed E-state index contributed by atoms with van der Waals surface area (Å²) in [6, 6.07) is 13.3. The highest BCUT2D eigenvalue weighted by atomic mass is 19.1. The van der Waals surface area contributed by atoms with Gasteiger partial charge < -0.3 is 4.90 Å². The van der Waals surface area contributed by atoms with Gasteiger partial charge in [-0.2, -0.15) is 5.10 Å². The lowest BCUT2D eigenvalue weighted by Crippen LogP contribution is -2.35. The molecule has 0 N–H and O–H groups in total. The van der Waals surface area contributed by atoms with Gasteiger partial charge in [-0.15, -0.1) is 0 Å². The van der Waals surface area contributed by atoms with E-state index in [-0.39, 0.29) is 23.7 Å². The number of carbonyl (C=O) groups is 1. The van der Waals surface area contributed by atoms with E-state index in [1.807, 2.05) is 6.07 Å². The third-order valence-electron chi connectivity index (χ3n) is 4.72. The minimum absolute atomic E-state index is 0.0497. The van der Waals surface area contributed by atoms with E-state index in [0.717, 1.165) is 24.8 Å². The summed E-state index contributed by atoms with van der Waals surface area (Å²) in [5, 5.41) is 4.69. The molecule has 0 aliphatic carbocycles. The Morgan fingerprint density at radius 1 is 1.11 bits per heavy atom. The second kappa shape index (κ2) is 9.26. The molecule has 0 saturated heterocycles. The topological polar surface area (TPSA) is 55.2 Å². The van der Waals surface area contributed by atoms with Crippen LogP contribution >= 0.6 is 0 Å². The van der Waals surface area contributed by atoms with Crippen molar-refractivity contribution in [1.29, 1.82) is 0 Å². The molecular weight excluding hydrogens is 357 g/mol. The van der Waals surface area contributed by atoms with Crippen LogP contribution in [0.3, 0.4) is 0 Å². The maximum Gasteiger partial charge on any atom is 0.244 e. The number of rotatable bonds is 8. The van der Waals surface area contributed by atoms with E-state index in [9.17, 15) is 14.0 Å². The SMILES string of the molecule is CCCCCN(Cc1ccc(F)cc1)C(=O)Cn1ncc(=O)c2ccccc21. The lowest BCUT2D eigenvalue weighted by atomic mass is 10.2. The molecule has 0 fully saturated rings. The van der Waals surface area contributed by atoms with Crippen LogP contribution in [-0.2, 0) is 17.9 Å². The predicted molar refractivity (Wildman–Crippen MR) is 107 cm³/mol. The fourth-order valence-electron chi connectivity index (χ4n) is 3.17. The molecule has 1 amide bonds. The molecule has 0 aliphatic heterocycles. The number of aromatic nitrogens is 2. The highest BCUT2D eigenvalue weighted by Gasteiger charge is 2.16. The van der Waals surface area contributed by atoms with Crippen molar-refractivity contribution in [3.8, 4) is 0 Å². The van der Waals surface area contributed by atoms with Crippen molar-refractivity contribution in [2.75, 3.05) is 6.54 Å². The highest BCUT2D eigenvalue weighted by Crippen LogP contribution is 2.12. The van der Waals surface area contributed by atoms with E-state index in [0.29, 0.717) is 24.0 Å². The minimum atomic E-state index is -0.295. The Labute approximate surface area is 163 Å². The number of unbranched alkanes of at least 4 members (excludes halogenated alkanes) is 2. The summed E-state index contributed by atoms with van der Waals surface area (Å²) >= 11 is 0. The molecule has 6 heteroatoms. The van der Waals surface area contributed by atoms with E-state index in [1.54, 1.807) is 39.9 Å². The van der Waals surface area contributed by atoms with Gasteiger partial charge in [-0.3, -0.25) is 14.3 Å². The molecule has 0 spiro atoms. The first-order chi connectivity index (χ1) is 13.6. The number of carbonyl (C=O) groups excluding carboxylic acids is 1. The standard InChI is InChI=1S/C22H24FN3O2/c1-2-3-6-13-25(15-17-9-11-18(23)12-10-17)22(28)16-26-20-8-5-4-7-19(20)21(27)14-24-26/h4-5,7-12,14H,2-3,6,13,15-16H2,1H3. The third-order valence-corrected chi connectivity index (χ3v) is 4.72. The summed E-state index contributed by atoms with van der Waals surface area (Å²) in [5.41, 5.74) is 1.35. The monoisotopic (exact) mass is 381 g/mol. The second-order valence-corrected chi connectivity index (χ2v) is 6.83. The number of hydrogen-bond donors (Lipinski definition) is 0. The summed E-state index contributed by atoms with van der Waals surface area (Å²) in [4.78, 5) is 26.8. The predicted octanol–water partition coefficient (Wildman–Crippen LogP) is 3.75. The molecule has 146 valence electrons. The van der Waals surface area contributed by atoms with E-state index < -0.39 is 0 Å². The number of nitrogens with zero attached hydrogens (tertiary/aromatic N) is 3. The van der Waals surface area contributed by atoms with Crippen LogP contribution in [0.5, 0.6) is 0 Å². The molecule has 3 aromatic rings. The molecule has 0 aliphatic rings. The van der Waals surface area contributed by atoms with Crippen molar-refractivity contribution >= 4 is 16.8 Å². The summed E-state index contributed by atoms with van der Waals surface area (Å²) in [7, 11) is 0. The van der Waals surface area contributed by atoms with Crippen LogP contribution in [0.4, 0.5) is 4.39 Å². The van der Waals surface area contributed by atoms with Crippen molar-refractivity contribution < 1.29 is 9.18 Å². The Hall–Kier alpha value is -3.02. The first-order valence-corrected chi connectivity index (χ1v) is 9.55. The van der Waals surface area contributed by atoms with Crippen LogP contribution in [0.25, 0.3) is 10.9 Å². The van der Waals surface area contributed by atoms with Gasteiger partial charge in [-0.1, -0.05) is 44.0 Å². The Kier molecular flexibility index (Phi) is 6.53. The Morgan fingerprint density at radius 3 is 2.61 bits per heavy atom. The molecule has 0 atom stereocenters. The van der Waals surface area contributed by atoms with E-state index in [2.05, 4.69) is 12.0 Å². The van der Waals surface area contributed by atoms with Gasteiger partial charge in [0.1, 0.15) is 12.4 Å². The summed E-state index contributed by atoms with van der Waals surface area (Å²) < 4.78 is 14.7. The lowest BCUT2D eigenvalue weighted by molar-refractivity contribution is -0.132. The fourth-order valence-corrected chi connectivity index (χ4v) is 3.17. The van der Waals surface area contributed by atoms with Gasteiger partial charge in [0.15, 0.2) is 0 Å². The first kappa shape index (κ1) is 19.7. The second-order valence-electron chi connectivity index (χ2n) is 6.83. The van der Waals surface area contributed by atoms with Crippen molar-refractivity contribution in [3.05, 3.63) is 76.3 Å². The molecule has 28 heavy (non-hydrogen) atoms. The van der Waals surface area contributed by atoms with Crippen LogP contribution in [0.2, 0.25) is 0 Å². The first-order valence-electron chi connectivity index (χ1n) is 9.55. The zero-order valence-corrected chi connectivity index (χ0v) is 16.0. The molecule has 3 rings (SSSR count).